The maximum atomic E-state index is 15.1. The SMILES string of the molecule is CC(C)(C)OC(=O)N1O[C@@H]2CC[C@H]1C21CCN(c2ccc(N3C[C@H](CO)OC3=O)cc2F)CC1. The zero-order valence-corrected chi connectivity index (χ0v) is 19.8. The second kappa shape index (κ2) is 8.27. The van der Waals surface area contributed by atoms with E-state index in [-0.39, 0.29) is 30.7 Å². The first-order valence-corrected chi connectivity index (χ1v) is 11.9. The standard InChI is InChI=1S/C24H32FN3O6/c1-23(2,3)33-22(31)28-19-6-7-20(34-28)24(19)8-10-26(11-9-24)18-5-4-15(12-17(18)25)27-13-16(14-29)32-21(27)30/h4-5,12,16,19-20,29H,6-11,13-14H2,1-3H3/t16-,19+,20-/m1/s1. The quantitative estimate of drug-likeness (QED) is 0.713. The van der Waals surface area contributed by atoms with Crippen LogP contribution in [0.4, 0.5) is 25.4 Å². The number of hydroxylamine groups is 2. The van der Waals surface area contributed by atoms with Crippen LogP contribution in [0.5, 0.6) is 0 Å². The van der Waals surface area contributed by atoms with E-state index >= 15 is 4.39 Å². The van der Waals surface area contributed by atoms with Gasteiger partial charge in [-0.15, -0.1) is 0 Å². The van der Waals surface area contributed by atoms with Gasteiger partial charge in [-0.1, -0.05) is 0 Å². The Morgan fingerprint density at radius 1 is 1.26 bits per heavy atom. The van der Waals surface area contributed by atoms with Gasteiger partial charge >= 0.3 is 12.2 Å². The number of carbonyl (C=O) groups is 2. The fourth-order valence-corrected chi connectivity index (χ4v) is 5.86. The van der Waals surface area contributed by atoms with E-state index in [0.29, 0.717) is 24.5 Å². The van der Waals surface area contributed by atoms with Gasteiger partial charge < -0.3 is 19.5 Å². The van der Waals surface area contributed by atoms with Crippen LogP contribution in [0.25, 0.3) is 0 Å². The number of rotatable bonds is 3. The van der Waals surface area contributed by atoms with E-state index in [0.717, 1.165) is 25.7 Å². The third-order valence-electron chi connectivity index (χ3n) is 7.46. The molecule has 5 rings (SSSR count). The summed E-state index contributed by atoms with van der Waals surface area (Å²) in [6.45, 7) is 6.73. The van der Waals surface area contributed by atoms with Crippen LogP contribution < -0.4 is 9.80 Å². The lowest BCUT2D eigenvalue weighted by atomic mass is 9.73. The van der Waals surface area contributed by atoms with Crippen LogP contribution in [0.2, 0.25) is 0 Å². The van der Waals surface area contributed by atoms with Crippen molar-refractivity contribution in [3.8, 4) is 0 Å². The molecule has 1 spiro atoms. The van der Waals surface area contributed by atoms with Crippen molar-refractivity contribution >= 4 is 23.6 Å². The van der Waals surface area contributed by atoms with E-state index in [2.05, 4.69) is 0 Å². The Kier molecular flexibility index (Phi) is 5.63. The number of hydrogen-bond acceptors (Lipinski definition) is 7. The molecule has 2 amide bonds. The molecule has 1 N–H and O–H groups in total. The van der Waals surface area contributed by atoms with E-state index in [4.69, 9.17) is 14.3 Å². The molecule has 1 aliphatic carbocycles. The molecule has 1 aromatic carbocycles. The highest BCUT2D eigenvalue weighted by Gasteiger charge is 2.62. The number of anilines is 2. The van der Waals surface area contributed by atoms with Crippen molar-refractivity contribution in [2.75, 3.05) is 36.0 Å². The molecule has 3 atom stereocenters. The lowest BCUT2D eigenvalue weighted by molar-refractivity contribution is -0.170. The minimum Gasteiger partial charge on any atom is -0.442 e. The molecule has 3 aliphatic heterocycles. The molecule has 0 radical (unpaired) electrons. The molecule has 3 saturated heterocycles. The van der Waals surface area contributed by atoms with Crippen molar-refractivity contribution in [1.82, 2.24) is 5.06 Å². The van der Waals surface area contributed by atoms with Gasteiger partial charge in [0.2, 0.25) is 0 Å². The largest absolute Gasteiger partial charge is 0.442 e. The smallest absolute Gasteiger partial charge is 0.434 e. The summed E-state index contributed by atoms with van der Waals surface area (Å²) in [5.74, 6) is -0.408. The normalized spacial score (nSPS) is 28.1. The van der Waals surface area contributed by atoms with Gasteiger partial charge in [-0.05, 0) is 64.7 Å². The third-order valence-corrected chi connectivity index (χ3v) is 7.46. The minimum atomic E-state index is -0.599. The molecule has 1 saturated carbocycles. The molecule has 9 nitrogen and oxygen atoms in total. The highest BCUT2D eigenvalue weighted by Crippen LogP contribution is 2.55. The maximum Gasteiger partial charge on any atom is 0.434 e. The lowest BCUT2D eigenvalue weighted by Crippen LogP contribution is -2.48. The van der Waals surface area contributed by atoms with Gasteiger partial charge in [-0.3, -0.25) is 9.74 Å². The summed E-state index contributed by atoms with van der Waals surface area (Å²) in [5, 5.41) is 10.7. The fraction of sp³-hybridized carbons (Fsp3) is 0.667. The van der Waals surface area contributed by atoms with Crippen molar-refractivity contribution in [1.29, 1.82) is 0 Å². The summed E-state index contributed by atoms with van der Waals surface area (Å²) < 4.78 is 25.7. The number of amides is 2. The van der Waals surface area contributed by atoms with Crippen LogP contribution >= 0.6 is 0 Å². The van der Waals surface area contributed by atoms with Crippen LogP contribution in [0.1, 0.15) is 46.5 Å². The van der Waals surface area contributed by atoms with E-state index in [1.54, 1.807) is 12.1 Å². The average molecular weight is 478 g/mol. The van der Waals surface area contributed by atoms with Crippen LogP contribution in [0.3, 0.4) is 0 Å². The fourth-order valence-electron chi connectivity index (χ4n) is 5.86. The molecule has 10 heteroatoms. The van der Waals surface area contributed by atoms with Gasteiger partial charge in [0.15, 0.2) is 0 Å². The highest BCUT2D eigenvalue weighted by atomic mass is 19.1. The first-order chi connectivity index (χ1) is 16.1. The van der Waals surface area contributed by atoms with Crippen LogP contribution in [-0.4, -0.2) is 72.4 Å². The number of carbonyl (C=O) groups excluding carboxylic acids is 2. The third kappa shape index (κ3) is 3.86. The average Bonchev–Trinajstić information content (AvgIpc) is 3.42. The predicted molar refractivity (Wildman–Crippen MR) is 121 cm³/mol. The summed E-state index contributed by atoms with van der Waals surface area (Å²) in [6, 6.07) is 4.71. The van der Waals surface area contributed by atoms with Crippen molar-refractivity contribution in [3.63, 3.8) is 0 Å². The molecule has 0 aromatic heterocycles. The second-order valence-electron chi connectivity index (χ2n) is 10.6. The second-order valence-corrected chi connectivity index (χ2v) is 10.6. The summed E-state index contributed by atoms with van der Waals surface area (Å²) in [6.07, 6.45) is 1.72. The van der Waals surface area contributed by atoms with Crippen LogP contribution in [-0.2, 0) is 14.3 Å². The van der Waals surface area contributed by atoms with Gasteiger partial charge in [-0.2, -0.15) is 5.06 Å². The maximum absolute atomic E-state index is 15.1. The number of nitrogens with zero attached hydrogens (tertiary/aromatic N) is 3. The van der Waals surface area contributed by atoms with Crippen molar-refractivity contribution in [2.24, 2.45) is 5.41 Å². The zero-order chi connectivity index (χ0) is 24.3. The Hall–Kier alpha value is -2.59. The molecule has 186 valence electrons. The number of hydrogen-bond donors (Lipinski definition) is 1. The number of aliphatic hydroxyl groups is 1. The molecule has 2 bridgehead atoms. The first kappa shape index (κ1) is 23.2. The Labute approximate surface area is 198 Å². The Balaban J connectivity index is 1.26. The van der Waals surface area contributed by atoms with Gasteiger partial charge in [0.25, 0.3) is 0 Å². The topological polar surface area (TPSA) is 91.8 Å². The Morgan fingerprint density at radius 3 is 2.62 bits per heavy atom. The van der Waals surface area contributed by atoms with Gasteiger partial charge in [0.1, 0.15) is 17.5 Å². The Bertz CT molecular complexity index is 974. The molecule has 4 aliphatic rings. The van der Waals surface area contributed by atoms with Gasteiger partial charge in [0, 0.05) is 18.5 Å². The van der Waals surface area contributed by atoms with E-state index in [1.807, 2.05) is 25.7 Å². The molecule has 3 heterocycles. The molecule has 34 heavy (non-hydrogen) atoms. The molecular formula is C24H32FN3O6. The molecule has 0 unspecified atom stereocenters. The predicted octanol–water partition coefficient (Wildman–Crippen LogP) is 3.44. The number of aliphatic hydroxyl groups excluding tert-OH is 1. The summed E-state index contributed by atoms with van der Waals surface area (Å²) in [7, 11) is 0. The number of ether oxygens (including phenoxy) is 2. The number of halogens is 1. The van der Waals surface area contributed by atoms with Crippen molar-refractivity contribution in [3.05, 3.63) is 24.0 Å². The van der Waals surface area contributed by atoms with Gasteiger partial charge in [0.05, 0.1) is 36.7 Å². The number of benzene rings is 1. The number of piperidine rings is 1. The van der Waals surface area contributed by atoms with Gasteiger partial charge in [-0.25, -0.2) is 14.0 Å². The van der Waals surface area contributed by atoms with E-state index in [9.17, 15) is 14.7 Å². The summed E-state index contributed by atoms with van der Waals surface area (Å²) >= 11 is 0. The minimum absolute atomic E-state index is 0.0256. The van der Waals surface area contributed by atoms with Crippen LogP contribution in [0, 0.1) is 11.2 Å². The summed E-state index contributed by atoms with van der Waals surface area (Å²) in [4.78, 5) is 34.1. The van der Waals surface area contributed by atoms with E-state index < -0.39 is 29.7 Å². The molecule has 1 aromatic rings. The van der Waals surface area contributed by atoms with Crippen molar-refractivity contribution in [2.45, 2.75) is 70.3 Å². The molecule has 4 fully saturated rings. The molecular weight excluding hydrogens is 445 g/mol. The lowest BCUT2D eigenvalue weighted by Gasteiger charge is -2.42. The monoisotopic (exact) mass is 477 g/mol. The van der Waals surface area contributed by atoms with Crippen molar-refractivity contribution < 1.29 is 33.4 Å². The Morgan fingerprint density at radius 2 is 2.00 bits per heavy atom. The highest BCUT2D eigenvalue weighted by molar-refractivity contribution is 5.90. The van der Waals surface area contributed by atoms with E-state index in [1.165, 1.54) is 16.0 Å². The summed E-state index contributed by atoms with van der Waals surface area (Å²) in [5.41, 5.74) is 0.168. The number of cyclic esters (lactones) is 1. The first-order valence-electron chi connectivity index (χ1n) is 11.9. The zero-order valence-electron chi connectivity index (χ0n) is 19.8. The van der Waals surface area contributed by atoms with Crippen LogP contribution in [0.15, 0.2) is 18.2 Å².